The van der Waals surface area contributed by atoms with E-state index in [1.807, 2.05) is 6.07 Å². The van der Waals surface area contributed by atoms with Crippen LogP contribution in [-0.2, 0) is 6.54 Å². The van der Waals surface area contributed by atoms with Gasteiger partial charge in [-0.15, -0.1) is 0 Å². The molecular weight excluding hydrogens is 267 g/mol. The van der Waals surface area contributed by atoms with Crippen molar-refractivity contribution in [2.75, 3.05) is 18.1 Å². The number of hydrogen-bond acceptors (Lipinski definition) is 3. The molecule has 2 rings (SSSR count). The summed E-state index contributed by atoms with van der Waals surface area (Å²) < 4.78 is 14.3. The van der Waals surface area contributed by atoms with E-state index in [1.165, 1.54) is 6.07 Å². The van der Waals surface area contributed by atoms with Crippen LogP contribution in [0.2, 0.25) is 0 Å². The van der Waals surface area contributed by atoms with E-state index in [0.717, 1.165) is 31.5 Å². The molecule has 3 nitrogen and oxygen atoms in total. The maximum atomic E-state index is 14.3. The first-order valence-electron chi connectivity index (χ1n) is 7.82. The molecule has 1 aromatic carbocycles. The normalized spacial score (nSPS) is 19.9. The highest BCUT2D eigenvalue weighted by molar-refractivity contribution is 5.55. The summed E-state index contributed by atoms with van der Waals surface area (Å²) in [5, 5.41) is 13.0. The second-order valence-electron chi connectivity index (χ2n) is 6.87. The molecule has 1 unspecified atom stereocenters. The zero-order valence-electron chi connectivity index (χ0n) is 13.3. The van der Waals surface area contributed by atoms with Crippen LogP contribution in [0.25, 0.3) is 0 Å². The number of nitrogens with one attached hydrogen (secondary N) is 1. The summed E-state index contributed by atoms with van der Waals surface area (Å²) >= 11 is 0. The van der Waals surface area contributed by atoms with Gasteiger partial charge in [0.1, 0.15) is 5.82 Å². The number of anilines is 1. The van der Waals surface area contributed by atoms with Gasteiger partial charge in [-0.05, 0) is 52.2 Å². The van der Waals surface area contributed by atoms with E-state index < -0.39 is 0 Å². The zero-order chi connectivity index (χ0) is 15.5. The number of aliphatic hydroxyl groups is 1. The van der Waals surface area contributed by atoms with Crippen molar-refractivity contribution in [2.45, 2.75) is 58.2 Å². The Balaban J connectivity index is 2.27. The number of hydrogen-bond donors (Lipinski definition) is 2. The number of nitrogens with zero attached hydrogens (tertiary/aromatic N) is 1. The largest absolute Gasteiger partial charge is 0.394 e. The fourth-order valence-electron chi connectivity index (χ4n) is 2.85. The van der Waals surface area contributed by atoms with E-state index in [4.69, 9.17) is 0 Å². The van der Waals surface area contributed by atoms with Gasteiger partial charge >= 0.3 is 0 Å². The van der Waals surface area contributed by atoms with Gasteiger partial charge in [-0.2, -0.15) is 0 Å². The minimum Gasteiger partial charge on any atom is -0.394 e. The van der Waals surface area contributed by atoms with Gasteiger partial charge in [0.05, 0.1) is 12.6 Å². The molecule has 1 aliphatic heterocycles. The summed E-state index contributed by atoms with van der Waals surface area (Å²) in [7, 11) is 0. The summed E-state index contributed by atoms with van der Waals surface area (Å²) in [6.45, 7) is 7.74. The van der Waals surface area contributed by atoms with E-state index in [9.17, 15) is 9.50 Å². The van der Waals surface area contributed by atoms with Gasteiger partial charge < -0.3 is 15.3 Å². The zero-order valence-corrected chi connectivity index (χ0v) is 13.3. The van der Waals surface area contributed by atoms with Crippen LogP contribution in [0.1, 0.15) is 45.6 Å². The number of halogens is 1. The highest BCUT2D eigenvalue weighted by atomic mass is 19.1. The third-order valence-electron chi connectivity index (χ3n) is 4.04. The van der Waals surface area contributed by atoms with Crippen molar-refractivity contribution in [3.05, 3.63) is 29.6 Å². The second kappa shape index (κ2) is 6.75. The van der Waals surface area contributed by atoms with Crippen LogP contribution in [-0.4, -0.2) is 29.8 Å². The Hall–Kier alpha value is -1.13. The van der Waals surface area contributed by atoms with Crippen molar-refractivity contribution >= 4 is 5.69 Å². The van der Waals surface area contributed by atoms with Crippen molar-refractivity contribution in [1.82, 2.24) is 5.32 Å². The van der Waals surface area contributed by atoms with Crippen LogP contribution in [0, 0.1) is 5.82 Å². The molecule has 0 aliphatic carbocycles. The maximum Gasteiger partial charge on any atom is 0.129 e. The molecule has 1 atom stereocenters. The lowest BCUT2D eigenvalue weighted by Gasteiger charge is -2.38. The van der Waals surface area contributed by atoms with Gasteiger partial charge in [0.2, 0.25) is 0 Å². The van der Waals surface area contributed by atoms with Crippen molar-refractivity contribution in [3.63, 3.8) is 0 Å². The van der Waals surface area contributed by atoms with Crippen LogP contribution < -0.4 is 10.2 Å². The average Bonchev–Trinajstić information content (AvgIpc) is 2.44. The molecule has 0 radical (unpaired) electrons. The fraction of sp³-hybridized carbons (Fsp3) is 0.647. The van der Waals surface area contributed by atoms with Crippen LogP contribution in [0.3, 0.4) is 0 Å². The SMILES string of the molecule is CC(C)(C)NCc1c(F)cccc1N1CCCCC1CO. The first-order chi connectivity index (χ1) is 9.92. The van der Waals surface area contributed by atoms with E-state index >= 15 is 0 Å². The summed E-state index contributed by atoms with van der Waals surface area (Å²) in [5.74, 6) is -0.175. The van der Waals surface area contributed by atoms with Crippen LogP contribution >= 0.6 is 0 Å². The highest BCUT2D eigenvalue weighted by Gasteiger charge is 2.25. The third-order valence-corrected chi connectivity index (χ3v) is 4.04. The molecule has 2 N–H and O–H groups in total. The van der Waals surface area contributed by atoms with Gasteiger partial charge in [0, 0.05) is 29.9 Å². The van der Waals surface area contributed by atoms with E-state index in [0.29, 0.717) is 12.1 Å². The Morgan fingerprint density at radius 1 is 1.33 bits per heavy atom. The molecule has 0 amide bonds. The molecule has 1 aliphatic rings. The fourth-order valence-corrected chi connectivity index (χ4v) is 2.85. The predicted molar refractivity (Wildman–Crippen MR) is 85.1 cm³/mol. The van der Waals surface area contributed by atoms with Gasteiger partial charge in [0.15, 0.2) is 0 Å². The first kappa shape index (κ1) is 16.2. The molecule has 1 fully saturated rings. The van der Waals surface area contributed by atoms with Crippen molar-refractivity contribution in [2.24, 2.45) is 0 Å². The molecule has 21 heavy (non-hydrogen) atoms. The first-order valence-corrected chi connectivity index (χ1v) is 7.82. The van der Waals surface area contributed by atoms with Crippen LogP contribution in [0.5, 0.6) is 0 Å². The van der Waals surface area contributed by atoms with Gasteiger partial charge in [-0.3, -0.25) is 0 Å². The molecule has 0 bridgehead atoms. The quantitative estimate of drug-likeness (QED) is 0.896. The van der Waals surface area contributed by atoms with Crippen LogP contribution in [0.4, 0.5) is 10.1 Å². The molecule has 118 valence electrons. The summed E-state index contributed by atoms with van der Waals surface area (Å²) in [4.78, 5) is 2.17. The summed E-state index contributed by atoms with van der Waals surface area (Å²) in [6.07, 6.45) is 3.20. The average molecular weight is 294 g/mol. The van der Waals surface area contributed by atoms with Crippen molar-refractivity contribution < 1.29 is 9.50 Å². The van der Waals surface area contributed by atoms with Crippen molar-refractivity contribution in [1.29, 1.82) is 0 Å². The topological polar surface area (TPSA) is 35.5 Å². The lowest BCUT2D eigenvalue weighted by atomic mass is 9.99. The number of piperidine rings is 1. The second-order valence-corrected chi connectivity index (χ2v) is 6.87. The lowest BCUT2D eigenvalue weighted by molar-refractivity contribution is 0.240. The van der Waals surface area contributed by atoms with Gasteiger partial charge in [0.25, 0.3) is 0 Å². The lowest BCUT2D eigenvalue weighted by Crippen LogP contribution is -2.43. The molecule has 0 aromatic heterocycles. The molecule has 0 saturated carbocycles. The Labute approximate surface area is 127 Å². The van der Waals surface area contributed by atoms with Gasteiger partial charge in [-0.25, -0.2) is 4.39 Å². The van der Waals surface area contributed by atoms with E-state index in [1.54, 1.807) is 6.07 Å². The highest BCUT2D eigenvalue weighted by Crippen LogP contribution is 2.29. The molecule has 0 spiro atoms. The molecule has 4 heteroatoms. The number of rotatable bonds is 4. The molecule has 1 saturated heterocycles. The van der Waals surface area contributed by atoms with Crippen molar-refractivity contribution in [3.8, 4) is 0 Å². The maximum absolute atomic E-state index is 14.3. The number of benzene rings is 1. The molecule has 1 heterocycles. The van der Waals surface area contributed by atoms with Gasteiger partial charge in [-0.1, -0.05) is 6.07 Å². The monoisotopic (exact) mass is 294 g/mol. The van der Waals surface area contributed by atoms with E-state index in [-0.39, 0.29) is 24.0 Å². The molecule has 1 aromatic rings. The smallest absolute Gasteiger partial charge is 0.129 e. The predicted octanol–water partition coefficient (Wildman–Crippen LogP) is 3.07. The summed E-state index contributed by atoms with van der Waals surface area (Å²) in [5.41, 5.74) is 1.57. The van der Waals surface area contributed by atoms with Crippen LogP contribution in [0.15, 0.2) is 18.2 Å². The summed E-state index contributed by atoms with van der Waals surface area (Å²) in [6, 6.07) is 5.35. The third kappa shape index (κ3) is 4.17. The standard InChI is InChI=1S/C17H27FN2O/c1-17(2,3)19-11-14-15(18)8-6-9-16(14)20-10-5-4-7-13(20)12-21/h6,8-9,13,19,21H,4-5,7,10-12H2,1-3H3. The Bertz CT molecular complexity index is 470. The Morgan fingerprint density at radius 3 is 2.76 bits per heavy atom. The minimum absolute atomic E-state index is 0.0577. The Kier molecular flexibility index (Phi) is 5.22. The van der Waals surface area contributed by atoms with E-state index in [2.05, 4.69) is 31.0 Å². The Morgan fingerprint density at radius 2 is 2.10 bits per heavy atom. The number of aliphatic hydroxyl groups excluding tert-OH is 1. The molecular formula is C17H27FN2O. The minimum atomic E-state index is -0.175.